The molecule has 2 aliphatic rings. The molecule has 3 N–H and O–H groups in total. The van der Waals surface area contributed by atoms with Crippen LogP contribution in [0.15, 0.2) is 54.6 Å². The molecule has 4 rings (SSSR count). The Hall–Kier alpha value is -3.52. The van der Waals surface area contributed by atoms with Crippen molar-refractivity contribution in [2.45, 2.75) is 103 Å². The Morgan fingerprint density at radius 3 is 2.52 bits per heavy atom. The lowest BCUT2D eigenvalue weighted by Gasteiger charge is -2.26. The van der Waals surface area contributed by atoms with E-state index in [1.54, 1.807) is 0 Å². The minimum Gasteiger partial charge on any atom is -0.460 e. The summed E-state index contributed by atoms with van der Waals surface area (Å²) < 4.78 is 7.82. The molecule has 2 unspecified atom stereocenters. The van der Waals surface area contributed by atoms with Crippen LogP contribution >= 0.6 is 0 Å². The maximum atomic E-state index is 13.9. The van der Waals surface area contributed by atoms with Gasteiger partial charge in [0.15, 0.2) is 6.21 Å². The molecule has 0 fully saturated rings. The summed E-state index contributed by atoms with van der Waals surface area (Å²) >= 11 is 0. The number of nitrogens with one attached hydrogen (secondary N) is 3. The third kappa shape index (κ3) is 8.74. The van der Waals surface area contributed by atoms with Gasteiger partial charge in [-0.25, -0.2) is 0 Å². The number of para-hydroxylation sites is 1. The summed E-state index contributed by atoms with van der Waals surface area (Å²) in [6.45, 7) is 6.98. The van der Waals surface area contributed by atoms with Crippen LogP contribution < -0.4 is 16.0 Å². The highest BCUT2D eigenvalue weighted by Gasteiger charge is 2.37. The zero-order valence-electron chi connectivity index (χ0n) is 25.3. The minimum absolute atomic E-state index is 0.0961. The monoisotopic (exact) mass is 575 g/mol. The Labute approximate surface area is 250 Å². The first-order valence-corrected chi connectivity index (χ1v) is 15.6. The van der Waals surface area contributed by atoms with Crippen LogP contribution in [0.5, 0.6) is 0 Å². The maximum Gasteiger partial charge on any atom is 0.323 e. The van der Waals surface area contributed by atoms with Gasteiger partial charge in [0.05, 0.1) is 12.0 Å². The van der Waals surface area contributed by atoms with Crippen molar-refractivity contribution in [3.63, 3.8) is 0 Å². The molecule has 2 aliphatic heterocycles. The summed E-state index contributed by atoms with van der Waals surface area (Å²) in [6, 6.07) is 16.7. The molecule has 8 nitrogen and oxygen atoms in total. The van der Waals surface area contributed by atoms with Crippen molar-refractivity contribution in [1.29, 1.82) is 0 Å². The lowest BCUT2D eigenvalue weighted by Crippen LogP contribution is -2.54. The maximum absolute atomic E-state index is 13.9. The molecule has 0 saturated heterocycles. The second-order valence-corrected chi connectivity index (χ2v) is 11.9. The summed E-state index contributed by atoms with van der Waals surface area (Å²) in [5, 5.41) is 9.75. The number of rotatable bonds is 10. The number of carbonyl (C=O) groups is 3. The van der Waals surface area contributed by atoms with Crippen molar-refractivity contribution >= 4 is 29.7 Å². The van der Waals surface area contributed by atoms with E-state index in [0.29, 0.717) is 25.8 Å². The average Bonchev–Trinajstić information content (AvgIpc) is 3.36. The molecular formula is C34H47N4O4+. The smallest absolute Gasteiger partial charge is 0.323 e. The molecular weight excluding hydrogens is 528 g/mol. The number of nitrogens with zero attached hydrogens (tertiary/aromatic N) is 1. The van der Waals surface area contributed by atoms with Crippen molar-refractivity contribution < 1.29 is 23.7 Å². The number of hydrogen-bond donors (Lipinski definition) is 3. The number of amides is 2. The molecule has 2 heterocycles. The van der Waals surface area contributed by atoms with E-state index in [1.165, 1.54) is 5.56 Å². The fourth-order valence-corrected chi connectivity index (χ4v) is 5.83. The lowest BCUT2D eigenvalue weighted by molar-refractivity contribution is -0.485. The van der Waals surface area contributed by atoms with Gasteiger partial charge in [-0.3, -0.25) is 25.0 Å². The number of esters is 1. The molecule has 226 valence electrons. The Bertz CT molecular complexity index is 1230. The van der Waals surface area contributed by atoms with Crippen LogP contribution in [-0.2, 0) is 25.7 Å². The highest BCUT2D eigenvalue weighted by molar-refractivity contribution is 5.84. The summed E-state index contributed by atoms with van der Waals surface area (Å²) in [6.07, 6.45) is 7.84. The van der Waals surface area contributed by atoms with Gasteiger partial charge < -0.3 is 10.1 Å². The van der Waals surface area contributed by atoms with Gasteiger partial charge in [-0.05, 0) is 43.6 Å². The zero-order valence-corrected chi connectivity index (χ0v) is 25.3. The second-order valence-electron chi connectivity index (χ2n) is 11.9. The third-order valence-electron chi connectivity index (χ3n) is 8.10. The van der Waals surface area contributed by atoms with Gasteiger partial charge in [0.2, 0.25) is 23.7 Å². The molecule has 0 radical (unpaired) electrons. The number of hydrogen-bond acceptors (Lipinski definition) is 5. The lowest BCUT2D eigenvalue weighted by atomic mass is 9.96. The van der Waals surface area contributed by atoms with Gasteiger partial charge in [0.25, 0.3) is 0 Å². The molecule has 4 atom stereocenters. The van der Waals surface area contributed by atoms with Crippen LogP contribution in [0.4, 0.5) is 5.69 Å². The molecule has 2 aromatic rings. The standard InChI is InChI=1S/C34H46N4O4/c1-4-28(34(41)42-23-25-13-7-5-8-14-25)36-29(21-24(2)3)33(40)37-31-17-9-6-12-20-35-32(39)19-18-26-22-38(31)30-16-11-10-15-27(26)30/h5,7-8,10-11,13-16,22,24,26,28-29,31,36H,4,6,9,12,17-21,23H2,1-3H3,(H-,35,37,39,40)/p+1/t26?,28-,29-,31?/m1/s1. The number of benzene rings is 2. The average molecular weight is 576 g/mol. The highest BCUT2D eigenvalue weighted by atomic mass is 16.5. The third-order valence-corrected chi connectivity index (χ3v) is 8.10. The Kier molecular flexibility index (Phi) is 11.7. The summed E-state index contributed by atoms with van der Waals surface area (Å²) in [5.41, 5.74) is 3.19. The van der Waals surface area contributed by atoms with Gasteiger partial charge in [0.1, 0.15) is 12.6 Å². The van der Waals surface area contributed by atoms with Crippen molar-refractivity contribution in [2.24, 2.45) is 5.92 Å². The molecule has 0 aliphatic carbocycles. The van der Waals surface area contributed by atoms with Crippen LogP contribution in [0.1, 0.15) is 89.2 Å². The normalized spacial score (nSPS) is 20.6. The summed E-state index contributed by atoms with van der Waals surface area (Å²) in [4.78, 5) is 39.4. The fourth-order valence-electron chi connectivity index (χ4n) is 5.83. The highest BCUT2D eigenvalue weighted by Crippen LogP contribution is 2.35. The van der Waals surface area contributed by atoms with Crippen LogP contribution in [0.2, 0.25) is 0 Å². The number of carbonyl (C=O) groups excluding carboxylic acids is 3. The molecule has 42 heavy (non-hydrogen) atoms. The Morgan fingerprint density at radius 2 is 1.76 bits per heavy atom. The van der Waals surface area contributed by atoms with Crippen LogP contribution in [0.3, 0.4) is 0 Å². The number of fused-ring (bicyclic) bond motifs is 4. The fraction of sp³-hybridized carbons (Fsp3) is 0.529. The van der Waals surface area contributed by atoms with Gasteiger partial charge in [-0.15, -0.1) is 0 Å². The SMILES string of the molecule is CC[C@@H](N[C@H](CC(C)C)C(=O)NC1CCCCCNC(=O)CCC2C=[N+]1c1ccccc12)C(=O)OCc1ccccc1. The van der Waals surface area contributed by atoms with Crippen LogP contribution in [-0.4, -0.2) is 53.4 Å². The van der Waals surface area contributed by atoms with E-state index < -0.39 is 12.1 Å². The van der Waals surface area contributed by atoms with E-state index in [1.807, 2.05) is 49.4 Å². The molecule has 0 aromatic heterocycles. The van der Waals surface area contributed by atoms with Crippen molar-refractivity contribution in [3.8, 4) is 0 Å². The second kappa shape index (κ2) is 15.6. The van der Waals surface area contributed by atoms with Crippen molar-refractivity contribution in [2.75, 3.05) is 6.54 Å². The molecule has 2 amide bonds. The van der Waals surface area contributed by atoms with E-state index in [-0.39, 0.29) is 42.4 Å². The van der Waals surface area contributed by atoms with Crippen molar-refractivity contribution in [3.05, 3.63) is 65.7 Å². The first kappa shape index (κ1) is 31.4. The predicted molar refractivity (Wildman–Crippen MR) is 165 cm³/mol. The Morgan fingerprint density at radius 1 is 1.00 bits per heavy atom. The van der Waals surface area contributed by atoms with Gasteiger partial charge in [0, 0.05) is 31.0 Å². The predicted octanol–water partition coefficient (Wildman–Crippen LogP) is 4.94. The molecule has 0 spiro atoms. The number of ether oxygens (including phenoxy) is 1. The topological polar surface area (TPSA) is 99.5 Å². The Balaban J connectivity index is 1.51. The van der Waals surface area contributed by atoms with E-state index in [0.717, 1.165) is 43.4 Å². The summed E-state index contributed by atoms with van der Waals surface area (Å²) in [7, 11) is 0. The van der Waals surface area contributed by atoms with Gasteiger partial charge >= 0.3 is 5.97 Å². The van der Waals surface area contributed by atoms with E-state index in [2.05, 4.69) is 52.7 Å². The van der Waals surface area contributed by atoms with Crippen LogP contribution in [0, 0.1) is 5.92 Å². The molecule has 0 saturated carbocycles. The largest absolute Gasteiger partial charge is 0.460 e. The quantitative estimate of drug-likeness (QED) is 0.275. The van der Waals surface area contributed by atoms with Gasteiger partial charge in [-0.1, -0.05) is 75.7 Å². The minimum atomic E-state index is -0.586. The van der Waals surface area contributed by atoms with Crippen LogP contribution in [0.25, 0.3) is 0 Å². The molecule has 2 bridgehead atoms. The van der Waals surface area contributed by atoms with Crippen molar-refractivity contribution in [1.82, 2.24) is 16.0 Å². The first-order valence-electron chi connectivity index (χ1n) is 15.6. The van der Waals surface area contributed by atoms with Gasteiger partial charge in [-0.2, -0.15) is 4.58 Å². The van der Waals surface area contributed by atoms with E-state index in [4.69, 9.17) is 4.74 Å². The van der Waals surface area contributed by atoms with E-state index in [9.17, 15) is 14.4 Å². The molecule has 2 aromatic carbocycles. The first-order chi connectivity index (χ1) is 20.4. The molecule has 8 heteroatoms. The summed E-state index contributed by atoms with van der Waals surface area (Å²) in [5.74, 6) is -0.00437. The van der Waals surface area contributed by atoms with E-state index >= 15 is 0 Å². The zero-order chi connectivity index (χ0) is 29.9.